The second-order valence-corrected chi connectivity index (χ2v) is 6.10. The zero-order valence-corrected chi connectivity index (χ0v) is 13.4. The number of rotatable bonds is 7. The summed E-state index contributed by atoms with van der Waals surface area (Å²) >= 11 is 1.65. The molecule has 5 nitrogen and oxygen atoms in total. The maximum Gasteiger partial charge on any atom is 0.226 e. The zero-order chi connectivity index (χ0) is 14.5. The molecule has 0 spiro atoms. The van der Waals surface area contributed by atoms with Crippen molar-refractivity contribution < 1.29 is 0 Å². The van der Waals surface area contributed by atoms with E-state index in [1.165, 1.54) is 0 Å². The van der Waals surface area contributed by atoms with Crippen LogP contribution in [0.3, 0.4) is 0 Å². The van der Waals surface area contributed by atoms with E-state index in [0.29, 0.717) is 12.0 Å². The SMILES string of the molecule is CCNc1nc(NC(C)CCN(C)C)c2ccsc2n1. The molecule has 2 aromatic heterocycles. The molecule has 110 valence electrons. The Morgan fingerprint density at radius 1 is 1.35 bits per heavy atom. The molecule has 2 heterocycles. The van der Waals surface area contributed by atoms with Gasteiger partial charge in [-0.2, -0.15) is 4.98 Å². The average Bonchev–Trinajstić information content (AvgIpc) is 2.85. The van der Waals surface area contributed by atoms with Gasteiger partial charge in [-0.15, -0.1) is 11.3 Å². The van der Waals surface area contributed by atoms with Crippen LogP contribution in [0, 0.1) is 0 Å². The molecule has 0 bridgehead atoms. The van der Waals surface area contributed by atoms with Crippen LogP contribution >= 0.6 is 11.3 Å². The van der Waals surface area contributed by atoms with Gasteiger partial charge in [-0.1, -0.05) is 0 Å². The van der Waals surface area contributed by atoms with Crippen molar-refractivity contribution in [3.63, 3.8) is 0 Å². The highest BCUT2D eigenvalue weighted by atomic mass is 32.1. The highest BCUT2D eigenvalue weighted by Gasteiger charge is 2.11. The minimum absolute atomic E-state index is 0.380. The van der Waals surface area contributed by atoms with Crippen LogP contribution in [0.15, 0.2) is 11.4 Å². The molecule has 20 heavy (non-hydrogen) atoms. The Labute approximate surface area is 124 Å². The summed E-state index contributed by atoms with van der Waals surface area (Å²) in [4.78, 5) is 12.3. The molecule has 0 saturated heterocycles. The van der Waals surface area contributed by atoms with E-state index in [1.807, 2.05) is 0 Å². The Balaban J connectivity index is 2.16. The Morgan fingerprint density at radius 2 is 2.15 bits per heavy atom. The predicted octanol–water partition coefficient (Wildman–Crippen LogP) is 2.88. The summed E-state index contributed by atoms with van der Waals surface area (Å²) in [6.45, 7) is 6.13. The first-order valence-corrected chi connectivity index (χ1v) is 7.88. The minimum Gasteiger partial charge on any atom is -0.367 e. The topological polar surface area (TPSA) is 53.1 Å². The van der Waals surface area contributed by atoms with E-state index in [-0.39, 0.29) is 0 Å². The van der Waals surface area contributed by atoms with Crippen LogP contribution < -0.4 is 10.6 Å². The first kappa shape index (κ1) is 15.0. The molecule has 0 amide bonds. The Hall–Kier alpha value is -1.40. The molecule has 0 aliphatic carbocycles. The highest BCUT2D eigenvalue weighted by Crippen LogP contribution is 2.27. The fourth-order valence-electron chi connectivity index (χ4n) is 1.96. The lowest BCUT2D eigenvalue weighted by Gasteiger charge is -2.18. The van der Waals surface area contributed by atoms with E-state index < -0.39 is 0 Å². The number of thiophene rings is 1. The molecule has 2 rings (SSSR count). The van der Waals surface area contributed by atoms with Crippen molar-refractivity contribution >= 4 is 33.3 Å². The maximum atomic E-state index is 4.59. The molecule has 2 aromatic rings. The van der Waals surface area contributed by atoms with Gasteiger partial charge in [0.2, 0.25) is 5.95 Å². The van der Waals surface area contributed by atoms with Gasteiger partial charge in [0.1, 0.15) is 10.6 Å². The molecule has 0 fully saturated rings. The number of hydrogen-bond donors (Lipinski definition) is 2. The van der Waals surface area contributed by atoms with Gasteiger partial charge in [0.15, 0.2) is 0 Å². The second kappa shape index (κ2) is 6.85. The van der Waals surface area contributed by atoms with Crippen molar-refractivity contribution in [1.82, 2.24) is 14.9 Å². The summed E-state index contributed by atoms with van der Waals surface area (Å²) in [5.41, 5.74) is 0. The van der Waals surface area contributed by atoms with Gasteiger partial charge in [-0.25, -0.2) is 4.98 Å². The third-order valence-corrected chi connectivity index (χ3v) is 3.86. The molecule has 2 N–H and O–H groups in total. The smallest absolute Gasteiger partial charge is 0.226 e. The number of hydrogen-bond acceptors (Lipinski definition) is 6. The summed E-state index contributed by atoms with van der Waals surface area (Å²) in [7, 11) is 4.19. The Morgan fingerprint density at radius 3 is 2.85 bits per heavy atom. The standard InChI is InChI=1S/C14H23N5S/c1-5-15-14-17-12(11-7-9-20-13(11)18-14)16-10(2)6-8-19(3)4/h7,9-10H,5-6,8H2,1-4H3,(H2,15,16,17,18). The molecule has 0 saturated carbocycles. The van der Waals surface area contributed by atoms with Crippen LogP contribution in [-0.2, 0) is 0 Å². The first-order chi connectivity index (χ1) is 9.60. The van der Waals surface area contributed by atoms with Gasteiger partial charge >= 0.3 is 0 Å². The van der Waals surface area contributed by atoms with E-state index >= 15 is 0 Å². The summed E-state index contributed by atoms with van der Waals surface area (Å²) in [5.74, 6) is 1.63. The van der Waals surface area contributed by atoms with E-state index in [2.05, 4.69) is 64.9 Å². The van der Waals surface area contributed by atoms with E-state index in [1.54, 1.807) is 11.3 Å². The lowest BCUT2D eigenvalue weighted by Crippen LogP contribution is -2.23. The van der Waals surface area contributed by atoms with Crippen molar-refractivity contribution in [2.45, 2.75) is 26.3 Å². The van der Waals surface area contributed by atoms with Gasteiger partial charge in [0, 0.05) is 12.6 Å². The minimum atomic E-state index is 0.380. The molecule has 0 aromatic carbocycles. The summed E-state index contributed by atoms with van der Waals surface area (Å²) < 4.78 is 0. The number of anilines is 2. The van der Waals surface area contributed by atoms with Gasteiger partial charge in [0.25, 0.3) is 0 Å². The summed E-state index contributed by atoms with van der Waals surface area (Å²) in [5, 5.41) is 9.87. The Bertz CT molecular complexity index is 551. The van der Waals surface area contributed by atoms with Gasteiger partial charge in [-0.05, 0) is 52.4 Å². The highest BCUT2D eigenvalue weighted by molar-refractivity contribution is 7.16. The van der Waals surface area contributed by atoms with Crippen LogP contribution in [0.25, 0.3) is 10.2 Å². The largest absolute Gasteiger partial charge is 0.367 e. The number of nitrogens with one attached hydrogen (secondary N) is 2. The van der Waals surface area contributed by atoms with Crippen LogP contribution in [-0.4, -0.2) is 48.1 Å². The third-order valence-electron chi connectivity index (χ3n) is 3.05. The van der Waals surface area contributed by atoms with Crippen LogP contribution in [0.5, 0.6) is 0 Å². The van der Waals surface area contributed by atoms with Crippen molar-refractivity contribution in [3.8, 4) is 0 Å². The monoisotopic (exact) mass is 293 g/mol. The summed E-state index contributed by atoms with van der Waals surface area (Å²) in [6.07, 6.45) is 1.08. The summed E-state index contributed by atoms with van der Waals surface area (Å²) in [6, 6.07) is 2.46. The van der Waals surface area contributed by atoms with E-state index in [9.17, 15) is 0 Å². The number of nitrogens with zero attached hydrogens (tertiary/aromatic N) is 3. The quantitative estimate of drug-likeness (QED) is 0.822. The molecule has 0 aliphatic heterocycles. The lowest BCUT2D eigenvalue weighted by molar-refractivity contribution is 0.390. The molecule has 1 atom stereocenters. The van der Waals surface area contributed by atoms with Gasteiger partial charge in [0.05, 0.1) is 5.39 Å². The number of aromatic nitrogens is 2. The fraction of sp³-hybridized carbons (Fsp3) is 0.571. The van der Waals surface area contributed by atoms with Crippen molar-refractivity contribution in [1.29, 1.82) is 0 Å². The van der Waals surface area contributed by atoms with Crippen LogP contribution in [0.2, 0.25) is 0 Å². The molecular weight excluding hydrogens is 270 g/mol. The first-order valence-electron chi connectivity index (χ1n) is 7.00. The van der Waals surface area contributed by atoms with Crippen molar-refractivity contribution in [2.75, 3.05) is 37.8 Å². The van der Waals surface area contributed by atoms with Crippen LogP contribution in [0.4, 0.5) is 11.8 Å². The zero-order valence-electron chi connectivity index (χ0n) is 12.6. The van der Waals surface area contributed by atoms with Crippen molar-refractivity contribution in [3.05, 3.63) is 11.4 Å². The molecule has 0 radical (unpaired) electrons. The fourth-order valence-corrected chi connectivity index (χ4v) is 2.72. The van der Waals surface area contributed by atoms with Crippen LogP contribution in [0.1, 0.15) is 20.3 Å². The molecule has 6 heteroatoms. The molecular formula is C14H23N5S. The molecule has 1 unspecified atom stereocenters. The number of fused-ring (bicyclic) bond motifs is 1. The van der Waals surface area contributed by atoms with E-state index in [0.717, 1.165) is 35.5 Å². The predicted molar refractivity (Wildman–Crippen MR) is 87.8 cm³/mol. The van der Waals surface area contributed by atoms with Crippen molar-refractivity contribution in [2.24, 2.45) is 0 Å². The lowest BCUT2D eigenvalue weighted by atomic mass is 10.2. The third kappa shape index (κ3) is 3.80. The van der Waals surface area contributed by atoms with Gasteiger partial charge < -0.3 is 15.5 Å². The molecule has 0 aliphatic rings. The second-order valence-electron chi connectivity index (χ2n) is 5.20. The average molecular weight is 293 g/mol. The van der Waals surface area contributed by atoms with E-state index in [4.69, 9.17) is 0 Å². The maximum absolute atomic E-state index is 4.59. The van der Waals surface area contributed by atoms with Gasteiger partial charge in [-0.3, -0.25) is 0 Å². The Kier molecular flexibility index (Phi) is 5.14. The normalized spacial score (nSPS) is 12.8.